The monoisotopic (exact) mass is 476 g/mol. The number of ether oxygens (including phenoxy) is 1. The number of nitro groups is 1. The summed E-state index contributed by atoms with van der Waals surface area (Å²) in [5, 5.41) is 18.6. The summed E-state index contributed by atoms with van der Waals surface area (Å²) >= 11 is 0. The fourth-order valence-electron chi connectivity index (χ4n) is 4.87. The van der Waals surface area contributed by atoms with Crippen molar-refractivity contribution in [1.29, 1.82) is 0 Å². The van der Waals surface area contributed by atoms with Crippen LogP contribution in [0.25, 0.3) is 11.5 Å². The lowest BCUT2D eigenvalue weighted by Gasteiger charge is -2.32. The fourth-order valence-corrected chi connectivity index (χ4v) is 4.87. The Labute approximate surface area is 201 Å². The van der Waals surface area contributed by atoms with Gasteiger partial charge in [-0.15, -0.1) is 10.2 Å². The highest BCUT2D eigenvalue weighted by atomic mass is 16.6. The molecule has 2 aliphatic rings. The molecule has 5 rings (SSSR count). The first-order valence-electron chi connectivity index (χ1n) is 11.6. The van der Waals surface area contributed by atoms with Crippen LogP contribution in [-0.2, 0) is 27.4 Å². The van der Waals surface area contributed by atoms with Gasteiger partial charge in [0.1, 0.15) is 0 Å². The molecule has 2 atom stereocenters. The normalized spacial score (nSPS) is 19.3. The average molecular weight is 476 g/mol. The van der Waals surface area contributed by atoms with Crippen molar-refractivity contribution in [1.82, 2.24) is 10.2 Å². The van der Waals surface area contributed by atoms with Gasteiger partial charge >= 0.3 is 5.97 Å². The molecule has 0 bridgehead atoms. The molecule has 10 heteroatoms. The molecule has 1 fully saturated rings. The van der Waals surface area contributed by atoms with Gasteiger partial charge in [-0.2, -0.15) is 0 Å². The molecular weight excluding hydrogens is 452 g/mol. The smallest absolute Gasteiger partial charge is 0.310 e. The van der Waals surface area contributed by atoms with E-state index in [0.29, 0.717) is 24.9 Å². The number of hydrogen-bond acceptors (Lipinski definition) is 8. The molecule has 0 saturated heterocycles. The molecule has 2 unspecified atom stereocenters. The van der Waals surface area contributed by atoms with E-state index in [9.17, 15) is 19.7 Å². The highest BCUT2D eigenvalue weighted by Crippen LogP contribution is 2.36. The summed E-state index contributed by atoms with van der Waals surface area (Å²) < 4.78 is 11.0. The number of anilines is 1. The minimum Gasteiger partial charge on any atom is -0.455 e. The molecule has 10 nitrogen and oxygen atoms in total. The van der Waals surface area contributed by atoms with E-state index in [1.165, 1.54) is 24.3 Å². The van der Waals surface area contributed by atoms with Gasteiger partial charge in [-0.1, -0.05) is 31.0 Å². The summed E-state index contributed by atoms with van der Waals surface area (Å²) in [6.45, 7) is 0.423. The van der Waals surface area contributed by atoms with Crippen LogP contribution in [0.5, 0.6) is 0 Å². The quantitative estimate of drug-likeness (QED) is 0.296. The van der Waals surface area contributed by atoms with Crippen LogP contribution in [0.15, 0.2) is 52.9 Å². The molecule has 2 aromatic carbocycles. The Bertz CT molecular complexity index is 1250. The molecule has 1 amide bonds. The van der Waals surface area contributed by atoms with E-state index in [1.807, 2.05) is 24.3 Å². The van der Waals surface area contributed by atoms with Gasteiger partial charge in [0.2, 0.25) is 11.8 Å². The number of esters is 1. The lowest BCUT2D eigenvalue weighted by atomic mass is 9.78. The van der Waals surface area contributed by atoms with Crippen LogP contribution in [0.4, 0.5) is 11.4 Å². The van der Waals surface area contributed by atoms with Crippen molar-refractivity contribution in [3.8, 4) is 11.5 Å². The average Bonchev–Trinajstić information content (AvgIpc) is 3.54. The fraction of sp³-hybridized carbons (Fsp3) is 0.360. The van der Waals surface area contributed by atoms with E-state index in [2.05, 4.69) is 10.2 Å². The molecule has 0 radical (unpaired) electrons. The van der Waals surface area contributed by atoms with Crippen LogP contribution in [0, 0.1) is 22.0 Å². The number of para-hydroxylation sites is 1. The van der Waals surface area contributed by atoms with E-state index < -0.39 is 22.7 Å². The van der Waals surface area contributed by atoms with Gasteiger partial charge in [0.25, 0.3) is 11.6 Å². The highest BCUT2D eigenvalue weighted by Gasteiger charge is 2.40. The van der Waals surface area contributed by atoms with E-state index in [0.717, 1.165) is 30.5 Å². The Hall–Kier alpha value is -4.08. The van der Waals surface area contributed by atoms with Gasteiger partial charge in [-0.3, -0.25) is 19.7 Å². The van der Waals surface area contributed by atoms with Gasteiger partial charge in [-0.25, -0.2) is 0 Å². The molecule has 0 N–H and O–H groups in total. The third-order valence-corrected chi connectivity index (χ3v) is 6.67. The number of fused-ring (bicyclic) bond motifs is 1. The summed E-state index contributed by atoms with van der Waals surface area (Å²) in [4.78, 5) is 38.5. The molecule has 1 aliphatic heterocycles. The Balaban J connectivity index is 1.23. The van der Waals surface area contributed by atoms with Crippen molar-refractivity contribution in [2.75, 3.05) is 11.4 Å². The Kier molecular flexibility index (Phi) is 6.26. The SMILES string of the molecule is O=C(OCc1nnc(-c2ccc([N+](=O)[O-])cc2)o1)C1CCCCC1C(=O)N1CCc2ccccc21. The van der Waals surface area contributed by atoms with Crippen LogP contribution in [0.1, 0.15) is 37.1 Å². The summed E-state index contributed by atoms with van der Waals surface area (Å²) in [6, 6.07) is 13.6. The zero-order valence-electron chi connectivity index (χ0n) is 19.0. The van der Waals surface area contributed by atoms with Crippen molar-refractivity contribution < 1.29 is 23.7 Å². The molecule has 35 heavy (non-hydrogen) atoms. The molecule has 2 heterocycles. The number of carbonyl (C=O) groups is 2. The molecule has 1 aromatic heterocycles. The third-order valence-electron chi connectivity index (χ3n) is 6.67. The summed E-state index contributed by atoms with van der Waals surface area (Å²) in [5.74, 6) is -1.11. The maximum Gasteiger partial charge on any atom is 0.310 e. The predicted octanol–water partition coefficient (Wildman–Crippen LogP) is 4.08. The van der Waals surface area contributed by atoms with Gasteiger partial charge in [0.15, 0.2) is 6.61 Å². The van der Waals surface area contributed by atoms with Crippen molar-refractivity contribution in [2.45, 2.75) is 38.7 Å². The first-order valence-corrected chi connectivity index (χ1v) is 11.6. The van der Waals surface area contributed by atoms with Gasteiger partial charge in [-0.05, 0) is 43.0 Å². The van der Waals surface area contributed by atoms with E-state index >= 15 is 0 Å². The van der Waals surface area contributed by atoms with Gasteiger partial charge in [0, 0.05) is 29.9 Å². The molecular formula is C25H24N4O6. The number of nitro benzene ring substituents is 1. The van der Waals surface area contributed by atoms with E-state index in [-0.39, 0.29) is 30.0 Å². The van der Waals surface area contributed by atoms with Crippen LogP contribution in [-0.4, -0.2) is 33.5 Å². The number of benzene rings is 2. The first kappa shape index (κ1) is 22.7. The van der Waals surface area contributed by atoms with Crippen molar-refractivity contribution in [3.63, 3.8) is 0 Å². The number of hydrogen-bond donors (Lipinski definition) is 0. The van der Waals surface area contributed by atoms with E-state index in [1.54, 1.807) is 4.90 Å². The summed E-state index contributed by atoms with van der Waals surface area (Å²) in [5.41, 5.74) is 2.55. The Morgan fingerprint density at radius 3 is 2.57 bits per heavy atom. The number of non-ortho nitro benzene ring substituents is 1. The van der Waals surface area contributed by atoms with Crippen LogP contribution in [0.2, 0.25) is 0 Å². The van der Waals surface area contributed by atoms with Crippen LogP contribution >= 0.6 is 0 Å². The number of amides is 1. The number of aromatic nitrogens is 2. The topological polar surface area (TPSA) is 129 Å². The molecule has 1 aliphatic carbocycles. The molecule has 180 valence electrons. The second-order valence-corrected chi connectivity index (χ2v) is 8.78. The van der Waals surface area contributed by atoms with Crippen molar-refractivity contribution >= 4 is 23.3 Å². The zero-order chi connectivity index (χ0) is 24.4. The minimum atomic E-state index is -0.513. The number of rotatable bonds is 6. The summed E-state index contributed by atoms with van der Waals surface area (Å²) in [6.07, 6.45) is 3.84. The minimum absolute atomic E-state index is 0.0187. The van der Waals surface area contributed by atoms with Gasteiger partial charge in [0.05, 0.1) is 16.8 Å². The first-order chi connectivity index (χ1) is 17.0. The number of carbonyl (C=O) groups excluding carboxylic acids is 2. The van der Waals surface area contributed by atoms with Crippen LogP contribution in [0.3, 0.4) is 0 Å². The van der Waals surface area contributed by atoms with Crippen molar-refractivity contribution in [2.24, 2.45) is 11.8 Å². The largest absolute Gasteiger partial charge is 0.455 e. The third kappa shape index (κ3) is 4.64. The molecule has 0 spiro atoms. The lowest BCUT2D eigenvalue weighted by Crippen LogP contribution is -2.42. The molecule has 1 saturated carbocycles. The Morgan fingerprint density at radius 1 is 1.06 bits per heavy atom. The van der Waals surface area contributed by atoms with Crippen LogP contribution < -0.4 is 4.90 Å². The highest BCUT2D eigenvalue weighted by molar-refractivity contribution is 5.99. The second kappa shape index (κ2) is 9.65. The lowest BCUT2D eigenvalue weighted by molar-refractivity contribution is -0.384. The number of nitrogens with zero attached hydrogens (tertiary/aromatic N) is 4. The maximum atomic E-state index is 13.4. The van der Waals surface area contributed by atoms with Crippen molar-refractivity contribution in [3.05, 3.63) is 70.1 Å². The molecule has 3 aromatic rings. The second-order valence-electron chi connectivity index (χ2n) is 8.78. The zero-order valence-corrected chi connectivity index (χ0v) is 19.0. The standard InChI is InChI=1S/C25H24N4O6/c30-24(28-14-13-16-5-1-4-8-21(16)28)19-6-2-3-7-20(19)25(31)34-15-22-26-27-23(35-22)17-9-11-18(12-10-17)29(32)33/h1,4-5,8-12,19-20H,2-3,6-7,13-15H2. The predicted molar refractivity (Wildman–Crippen MR) is 124 cm³/mol. The van der Waals surface area contributed by atoms with E-state index in [4.69, 9.17) is 9.15 Å². The Morgan fingerprint density at radius 2 is 1.80 bits per heavy atom. The summed E-state index contributed by atoms with van der Waals surface area (Å²) in [7, 11) is 0. The maximum absolute atomic E-state index is 13.4. The van der Waals surface area contributed by atoms with Gasteiger partial charge < -0.3 is 14.1 Å².